The number of aryl methyl sites for hydroxylation is 1. The maximum atomic E-state index is 13.0. The highest BCUT2D eigenvalue weighted by Crippen LogP contribution is 2.41. The lowest BCUT2D eigenvalue weighted by molar-refractivity contribution is -0.129. The van der Waals surface area contributed by atoms with E-state index < -0.39 is 5.41 Å². The van der Waals surface area contributed by atoms with Gasteiger partial charge in [-0.2, -0.15) is 0 Å². The van der Waals surface area contributed by atoms with E-state index in [1.54, 1.807) is 10.6 Å². The molecule has 1 saturated heterocycles. The van der Waals surface area contributed by atoms with Crippen molar-refractivity contribution in [2.24, 2.45) is 11.3 Å². The van der Waals surface area contributed by atoms with Crippen LogP contribution >= 0.6 is 15.9 Å². The Kier molecular flexibility index (Phi) is 4.57. The van der Waals surface area contributed by atoms with Gasteiger partial charge >= 0.3 is 0 Å². The van der Waals surface area contributed by atoms with E-state index in [1.165, 1.54) is 0 Å². The Morgan fingerprint density at radius 1 is 1.35 bits per heavy atom. The van der Waals surface area contributed by atoms with Crippen LogP contribution in [0.2, 0.25) is 0 Å². The number of nitrogens with one attached hydrogen (secondary N) is 1. The highest BCUT2D eigenvalue weighted by atomic mass is 79.9. The maximum absolute atomic E-state index is 13.0. The van der Waals surface area contributed by atoms with Gasteiger partial charge in [0.1, 0.15) is 11.6 Å². The van der Waals surface area contributed by atoms with Gasteiger partial charge in [0.2, 0.25) is 0 Å². The summed E-state index contributed by atoms with van der Waals surface area (Å²) in [4.78, 5) is 30.5. The molecule has 1 saturated carbocycles. The number of ketones is 1. The number of hydrogen-bond donors (Lipinski definition) is 1. The summed E-state index contributed by atoms with van der Waals surface area (Å²) in [5.41, 5.74) is 0.930. The van der Waals surface area contributed by atoms with Crippen molar-refractivity contribution in [1.82, 2.24) is 14.9 Å². The van der Waals surface area contributed by atoms with Crippen molar-refractivity contribution in [2.75, 3.05) is 13.1 Å². The Labute approximate surface area is 161 Å². The van der Waals surface area contributed by atoms with Gasteiger partial charge < -0.3 is 5.32 Å². The minimum atomic E-state index is -0.439. The van der Waals surface area contributed by atoms with Crippen molar-refractivity contribution in [3.05, 3.63) is 56.7 Å². The third kappa shape index (κ3) is 3.28. The molecule has 1 N–H and O–H groups in total. The van der Waals surface area contributed by atoms with E-state index in [4.69, 9.17) is 0 Å². The molecule has 2 aromatic rings. The first-order valence-corrected chi connectivity index (χ1v) is 9.88. The van der Waals surface area contributed by atoms with Gasteiger partial charge in [-0.25, -0.2) is 4.98 Å². The van der Waals surface area contributed by atoms with Crippen LogP contribution in [0.25, 0.3) is 5.69 Å². The van der Waals surface area contributed by atoms with Crippen molar-refractivity contribution < 1.29 is 4.79 Å². The zero-order chi connectivity index (χ0) is 18.3. The standard InChI is InChI=1S/C20H22BrN3O2/c1-13-10-18(25)24(16-6-4-15(21)5-7-16)17(23-13)11-20(8-9-22-12-20)19(26)14-2-3-14/h4-7,10,14,22H,2-3,8-9,11-12H2,1H3/t20-/m0/s1. The topological polar surface area (TPSA) is 64.0 Å². The molecule has 2 heterocycles. The van der Waals surface area contributed by atoms with Crippen LogP contribution in [0, 0.1) is 18.3 Å². The molecule has 0 bridgehead atoms. The van der Waals surface area contributed by atoms with Gasteiger partial charge in [-0.15, -0.1) is 0 Å². The molecule has 0 amide bonds. The van der Waals surface area contributed by atoms with Gasteiger partial charge in [0.15, 0.2) is 0 Å². The summed E-state index contributed by atoms with van der Waals surface area (Å²) in [6.45, 7) is 3.35. The van der Waals surface area contributed by atoms with Gasteiger partial charge in [0.05, 0.1) is 5.69 Å². The molecule has 136 valence electrons. The van der Waals surface area contributed by atoms with E-state index in [-0.39, 0.29) is 11.5 Å². The van der Waals surface area contributed by atoms with Crippen LogP contribution in [0.15, 0.2) is 39.6 Å². The second kappa shape index (κ2) is 6.74. The lowest BCUT2D eigenvalue weighted by Gasteiger charge is -2.27. The minimum absolute atomic E-state index is 0.102. The molecule has 1 aliphatic heterocycles. The van der Waals surface area contributed by atoms with E-state index in [9.17, 15) is 9.59 Å². The van der Waals surface area contributed by atoms with Gasteiger partial charge in [0, 0.05) is 40.5 Å². The number of halogens is 1. The van der Waals surface area contributed by atoms with Crippen molar-refractivity contribution >= 4 is 21.7 Å². The summed E-state index contributed by atoms with van der Waals surface area (Å²) in [5.74, 6) is 1.23. The third-order valence-corrected chi connectivity index (χ3v) is 5.94. The lowest BCUT2D eigenvalue weighted by atomic mass is 9.77. The summed E-state index contributed by atoms with van der Waals surface area (Å²) in [7, 11) is 0. The van der Waals surface area contributed by atoms with Crippen LogP contribution < -0.4 is 10.9 Å². The van der Waals surface area contributed by atoms with E-state index in [0.717, 1.165) is 36.0 Å². The molecular weight excluding hydrogens is 394 g/mol. The number of carbonyl (C=O) groups is 1. The van der Waals surface area contributed by atoms with E-state index in [2.05, 4.69) is 26.2 Å². The molecule has 0 unspecified atom stereocenters. The smallest absolute Gasteiger partial charge is 0.258 e. The lowest BCUT2D eigenvalue weighted by Crippen LogP contribution is -2.39. The van der Waals surface area contributed by atoms with Gasteiger partial charge in [-0.05, 0) is 57.0 Å². The number of nitrogens with zero attached hydrogens (tertiary/aromatic N) is 2. The zero-order valence-corrected chi connectivity index (χ0v) is 16.4. The predicted octanol–water partition coefficient (Wildman–Crippen LogP) is 2.80. The second-order valence-corrected chi connectivity index (χ2v) is 8.40. The predicted molar refractivity (Wildman–Crippen MR) is 104 cm³/mol. The van der Waals surface area contributed by atoms with Crippen LogP contribution in [0.3, 0.4) is 0 Å². The summed E-state index contributed by atoms with van der Waals surface area (Å²) >= 11 is 3.43. The summed E-state index contributed by atoms with van der Waals surface area (Å²) in [5, 5.41) is 3.35. The van der Waals surface area contributed by atoms with Gasteiger partial charge in [-0.3, -0.25) is 14.2 Å². The maximum Gasteiger partial charge on any atom is 0.258 e. The second-order valence-electron chi connectivity index (χ2n) is 7.49. The van der Waals surface area contributed by atoms with E-state index >= 15 is 0 Å². The Morgan fingerprint density at radius 3 is 2.69 bits per heavy atom. The Balaban J connectivity index is 1.79. The first-order chi connectivity index (χ1) is 12.5. The van der Waals surface area contributed by atoms with Crippen LogP contribution in [-0.2, 0) is 11.2 Å². The first-order valence-electron chi connectivity index (χ1n) is 9.09. The monoisotopic (exact) mass is 415 g/mol. The average Bonchev–Trinajstić information content (AvgIpc) is 3.34. The van der Waals surface area contributed by atoms with Crippen molar-refractivity contribution in [1.29, 1.82) is 0 Å². The summed E-state index contributed by atoms with van der Waals surface area (Å²) in [6.07, 6.45) is 3.32. The molecule has 0 spiro atoms. The molecule has 5 nitrogen and oxygen atoms in total. The quantitative estimate of drug-likeness (QED) is 0.815. The summed E-state index contributed by atoms with van der Waals surface area (Å²) in [6, 6.07) is 9.16. The average molecular weight is 416 g/mol. The molecule has 26 heavy (non-hydrogen) atoms. The minimum Gasteiger partial charge on any atom is -0.316 e. The van der Waals surface area contributed by atoms with Crippen LogP contribution in [0.1, 0.15) is 30.8 Å². The van der Waals surface area contributed by atoms with Crippen molar-refractivity contribution in [3.8, 4) is 5.69 Å². The first kappa shape index (κ1) is 17.6. The SMILES string of the molecule is Cc1cc(=O)n(-c2ccc(Br)cc2)c(C[C@@]2(C(=O)C3CC3)CCNC2)n1. The molecule has 4 rings (SSSR count). The molecule has 2 fully saturated rings. The number of Topliss-reactive ketones (excluding diaryl/α,β-unsaturated/α-hetero) is 1. The van der Waals surface area contributed by atoms with Crippen molar-refractivity contribution in [2.45, 2.75) is 32.6 Å². The molecule has 2 aliphatic rings. The molecule has 0 radical (unpaired) electrons. The number of carbonyl (C=O) groups excluding carboxylic acids is 1. The fraction of sp³-hybridized carbons (Fsp3) is 0.450. The highest BCUT2D eigenvalue weighted by molar-refractivity contribution is 9.10. The summed E-state index contributed by atoms with van der Waals surface area (Å²) < 4.78 is 2.61. The molecule has 1 aliphatic carbocycles. The third-order valence-electron chi connectivity index (χ3n) is 5.41. The van der Waals surface area contributed by atoms with Crippen LogP contribution in [0.4, 0.5) is 0 Å². The van der Waals surface area contributed by atoms with Crippen LogP contribution in [-0.4, -0.2) is 28.4 Å². The van der Waals surface area contributed by atoms with Gasteiger partial charge in [-0.1, -0.05) is 15.9 Å². The Morgan fingerprint density at radius 2 is 2.08 bits per heavy atom. The van der Waals surface area contributed by atoms with E-state index in [0.29, 0.717) is 30.3 Å². The fourth-order valence-corrected chi connectivity index (χ4v) is 4.18. The fourth-order valence-electron chi connectivity index (χ4n) is 3.91. The van der Waals surface area contributed by atoms with Crippen molar-refractivity contribution in [3.63, 3.8) is 0 Å². The highest BCUT2D eigenvalue weighted by Gasteiger charge is 2.48. The zero-order valence-electron chi connectivity index (χ0n) is 14.8. The van der Waals surface area contributed by atoms with E-state index in [1.807, 2.05) is 31.2 Å². The Bertz CT molecular complexity index is 894. The number of aromatic nitrogens is 2. The number of rotatable bonds is 5. The molecule has 1 atom stereocenters. The number of hydrogen-bond acceptors (Lipinski definition) is 4. The molecule has 1 aromatic heterocycles. The molecule has 1 aromatic carbocycles. The molecule has 6 heteroatoms. The molecular formula is C20H22BrN3O2. The largest absolute Gasteiger partial charge is 0.316 e. The Hall–Kier alpha value is -1.79. The van der Waals surface area contributed by atoms with Crippen LogP contribution in [0.5, 0.6) is 0 Å². The number of benzene rings is 1. The van der Waals surface area contributed by atoms with Gasteiger partial charge in [0.25, 0.3) is 5.56 Å². The normalized spacial score (nSPS) is 22.5.